The molecule has 0 aliphatic heterocycles. The number of carbonyl (C=O) groups excluding carboxylic acids is 1. The standard InChI is InChI=1S/C16H16N4OS/c1-11-5-7-13(8-6-11)20-12(2)18-19-16(20)22-10-15(21)14-4-3-9-17-14/h3-9,17H,10H2,1-2H3. The van der Waals surface area contributed by atoms with Crippen molar-refractivity contribution in [3.05, 3.63) is 59.7 Å². The van der Waals surface area contributed by atoms with Crippen LogP contribution in [0.4, 0.5) is 0 Å². The first-order valence-electron chi connectivity index (χ1n) is 6.93. The maximum Gasteiger partial charge on any atom is 0.196 e. The first kappa shape index (κ1) is 14.6. The molecule has 0 unspecified atom stereocenters. The van der Waals surface area contributed by atoms with Crippen LogP contribution in [0.15, 0.2) is 47.8 Å². The molecule has 0 amide bonds. The second kappa shape index (κ2) is 6.19. The van der Waals surface area contributed by atoms with Gasteiger partial charge in [0.25, 0.3) is 0 Å². The van der Waals surface area contributed by atoms with Crippen molar-refractivity contribution in [1.82, 2.24) is 19.7 Å². The molecule has 0 bridgehead atoms. The number of ketones is 1. The molecule has 0 aliphatic rings. The lowest BCUT2D eigenvalue weighted by atomic mass is 10.2. The Morgan fingerprint density at radius 3 is 2.64 bits per heavy atom. The molecule has 3 rings (SSSR count). The minimum absolute atomic E-state index is 0.0473. The van der Waals surface area contributed by atoms with Crippen LogP contribution in [0.2, 0.25) is 0 Å². The lowest BCUT2D eigenvalue weighted by molar-refractivity contribution is 0.101. The summed E-state index contributed by atoms with van der Waals surface area (Å²) in [6, 6.07) is 11.8. The van der Waals surface area contributed by atoms with Gasteiger partial charge in [-0.15, -0.1) is 10.2 Å². The SMILES string of the molecule is Cc1ccc(-n2c(C)nnc2SCC(=O)c2ccc[nH]2)cc1. The average molecular weight is 312 g/mol. The zero-order valence-electron chi connectivity index (χ0n) is 12.4. The fourth-order valence-corrected chi connectivity index (χ4v) is 3.02. The highest BCUT2D eigenvalue weighted by Crippen LogP contribution is 2.22. The second-order valence-electron chi connectivity index (χ2n) is 5.00. The number of nitrogens with one attached hydrogen (secondary N) is 1. The van der Waals surface area contributed by atoms with Crippen molar-refractivity contribution in [3.8, 4) is 5.69 Å². The van der Waals surface area contributed by atoms with Crippen LogP contribution in [0.25, 0.3) is 5.69 Å². The zero-order chi connectivity index (χ0) is 15.5. The lowest BCUT2D eigenvalue weighted by Gasteiger charge is -2.08. The normalized spacial score (nSPS) is 10.8. The number of thioether (sulfide) groups is 1. The van der Waals surface area contributed by atoms with Crippen LogP contribution in [0.1, 0.15) is 21.9 Å². The summed E-state index contributed by atoms with van der Waals surface area (Å²) >= 11 is 1.39. The third-order valence-electron chi connectivity index (χ3n) is 3.32. The molecular weight excluding hydrogens is 296 g/mol. The van der Waals surface area contributed by atoms with Crippen molar-refractivity contribution in [1.29, 1.82) is 0 Å². The van der Waals surface area contributed by atoms with E-state index in [9.17, 15) is 4.79 Å². The summed E-state index contributed by atoms with van der Waals surface area (Å²) in [5.41, 5.74) is 2.82. The van der Waals surface area contributed by atoms with Crippen LogP contribution in [-0.4, -0.2) is 31.3 Å². The maximum absolute atomic E-state index is 12.1. The van der Waals surface area contributed by atoms with E-state index in [1.54, 1.807) is 12.3 Å². The Morgan fingerprint density at radius 1 is 1.18 bits per heavy atom. The van der Waals surface area contributed by atoms with Crippen LogP contribution >= 0.6 is 11.8 Å². The maximum atomic E-state index is 12.1. The van der Waals surface area contributed by atoms with Crippen LogP contribution in [-0.2, 0) is 0 Å². The molecule has 5 nitrogen and oxygen atoms in total. The molecule has 1 N–H and O–H groups in total. The predicted molar refractivity (Wildman–Crippen MR) is 86.7 cm³/mol. The molecule has 2 heterocycles. The Labute approximate surface area is 132 Å². The fourth-order valence-electron chi connectivity index (χ4n) is 2.14. The van der Waals surface area contributed by atoms with Crippen LogP contribution < -0.4 is 0 Å². The van der Waals surface area contributed by atoms with Gasteiger partial charge in [0.2, 0.25) is 0 Å². The van der Waals surface area contributed by atoms with E-state index < -0.39 is 0 Å². The van der Waals surface area contributed by atoms with Crippen LogP contribution in [0, 0.1) is 13.8 Å². The Balaban J connectivity index is 1.80. The predicted octanol–water partition coefficient (Wildman–Crippen LogP) is 3.19. The van der Waals surface area contributed by atoms with Crippen molar-refractivity contribution in [2.45, 2.75) is 19.0 Å². The number of hydrogen-bond donors (Lipinski definition) is 1. The molecular formula is C16H16N4OS. The van der Waals surface area contributed by atoms with Gasteiger partial charge in [-0.3, -0.25) is 9.36 Å². The van der Waals surface area contributed by atoms with Gasteiger partial charge in [-0.05, 0) is 38.1 Å². The monoisotopic (exact) mass is 312 g/mol. The van der Waals surface area contributed by atoms with E-state index in [0.717, 1.165) is 16.7 Å². The molecule has 3 aromatic rings. The molecule has 1 aromatic carbocycles. The van der Waals surface area contributed by atoms with Crippen molar-refractivity contribution >= 4 is 17.5 Å². The van der Waals surface area contributed by atoms with E-state index in [1.807, 2.05) is 48.7 Å². The summed E-state index contributed by atoms with van der Waals surface area (Å²) in [6.45, 7) is 3.96. The molecule has 2 aromatic heterocycles. The van der Waals surface area contributed by atoms with Gasteiger partial charge in [-0.2, -0.15) is 0 Å². The topological polar surface area (TPSA) is 63.6 Å². The lowest BCUT2D eigenvalue weighted by Crippen LogP contribution is -2.05. The smallest absolute Gasteiger partial charge is 0.196 e. The van der Waals surface area contributed by atoms with Crippen molar-refractivity contribution in [3.63, 3.8) is 0 Å². The summed E-state index contributed by atoms with van der Waals surface area (Å²) in [7, 11) is 0. The highest BCUT2D eigenvalue weighted by Gasteiger charge is 2.14. The summed E-state index contributed by atoms with van der Waals surface area (Å²) in [4.78, 5) is 15.0. The third-order valence-corrected chi connectivity index (χ3v) is 4.25. The third kappa shape index (κ3) is 2.96. The molecule has 0 radical (unpaired) electrons. The van der Waals surface area contributed by atoms with Gasteiger partial charge in [0.05, 0.1) is 11.4 Å². The van der Waals surface area contributed by atoms with E-state index in [0.29, 0.717) is 11.4 Å². The summed E-state index contributed by atoms with van der Waals surface area (Å²) < 4.78 is 1.96. The number of aromatic nitrogens is 4. The average Bonchev–Trinajstić information content (AvgIpc) is 3.16. The van der Waals surface area contributed by atoms with Gasteiger partial charge in [-0.1, -0.05) is 29.5 Å². The molecule has 0 aliphatic carbocycles. The Morgan fingerprint density at radius 2 is 1.95 bits per heavy atom. The summed E-state index contributed by atoms with van der Waals surface area (Å²) in [5.74, 6) is 1.18. The van der Waals surface area contributed by atoms with E-state index in [1.165, 1.54) is 17.3 Å². The zero-order valence-corrected chi connectivity index (χ0v) is 13.2. The number of aryl methyl sites for hydroxylation is 2. The van der Waals surface area contributed by atoms with Crippen molar-refractivity contribution in [2.24, 2.45) is 0 Å². The number of rotatable bonds is 5. The Bertz CT molecular complexity index is 775. The van der Waals surface area contributed by atoms with E-state index in [-0.39, 0.29) is 5.78 Å². The molecule has 112 valence electrons. The first-order valence-corrected chi connectivity index (χ1v) is 7.92. The quantitative estimate of drug-likeness (QED) is 0.580. The summed E-state index contributed by atoms with van der Waals surface area (Å²) in [5, 5.41) is 9.03. The molecule has 0 spiro atoms. The first-order chi connectivity index (χ1) is 10.6. The largest absolute Gasteiger partial charge is 0.359 e. The highest BCUT2D eigenvalue weighted by atomic mass is 32.2. The Kier molecular flexibility index (Phi) is 4.11. The molecule has 0 saturated heterocycles. The van der Waals surface area contributed by atoms with Crippen LogP contribution in [0.3, 0.4) is 0 Å². The Hall–Kier alpha value is -2.34. The minimum atomic E-state index is 0.0473. The molecule has 6 heteroatoms. The van der Waals surface area contributed by atoms with Crippen molar-refractivity contribution < 1.29 is 4.79 Å². The van der Waals surface area contributed by atoms with Crippen molar-refractivity contribution in [2.75, 3.05) is 5.75 Å². The van der Waals surface area contributed by atoms with E-state index in [2.05, 4.69) is 15.2 Å². The second-order valence-corrected chi connectivity index (χ2v) is 5.94. The van der Waals surface area contributed by atoms with Gasteiger partial charge in [0.15, 0.2) is 10.9 Å². The number of H-pyrrole nitrogens is 1. The number of carbonyl (C=O) groups is 1. The number of benzene rings is 1. The van der Waals surface area contributed by atoms with E-state index >= 15 is 0 Å². The molecule has 0 atom stereocenters. The number of hydrogen-bond acceptors (Lipinski definition) is 4. The van der Waals surface area contributed by atoms with E-state index in [4.69, 9.17) is 0 Å². The van der Waals surface area contributed by atoms with Gasteiger partial charge in [0, 0.05) is 11.9 Å². The molecule has 0 saturated carbocycles. The summed E-state index contributed by atoms with van der Waals surface area (Å²) in [6.07, 6.45) is 1.75. The number of Topliss-reactive ketones (excluding diaryl/α,β-unsaturated/α-hetero) is 1. The van der Waals surface area contributed by atoms with Crippen LogP contribution in [0.5, 0.6) is 0 Å². The van der Waals surface area contributed by atoms with Gasteiger partial charge in [0.1, 0.15) is 5.82 Å². The number of nitrogens with zero attached hydrogens (tertiary/aromatic N) is 3. The number of aromatic amines is 1. The van der Waals surface area contributed by atoms with Gasteiger partial charge < -0.3 is 4.98 Å². The molecule has 22 heavy (non-hydrogen) atoms. The molecule has 0 fully saturated rings. The van der Waals surface area contributed by atoms with Gasteiger partial charge >= 0.3 is 0 Å². The minimum Gasteiger partial charge on any atom is -0.359 e. The highest BCUT2D eigenvalue weighted by molar-refractivity contribution is 7.99. The fraction of sp³-hybridized carbons (Fsp3) is 0.188. The van der Waals surface area contributed by atoms with Gasteiger partial charge in [-0.25, -0.2) is 0 Å².